The van der Waals surface area contributed by atoms with Crippen LogP contribution in [-0.2, 0) is 9.59 Å². The van der Waals surface area contributed by atoms with E-state index in [2.05, 4.69) is 46.9 Å². The Balaban J connectivity index is 0.902. The van der Waals surface area contributed by atoms with Crippen molar-refractivity contribution in [2.45, 2.75) is 96.7 Å². The summed E-state index contributed by atoms with van der Waals surface area (Å²) >= 11 is 1.57. The molecule has 5 aromatic rings. The van der Waals surface area contributed by atoms with Crippen LogP contribution in [0, 0.1) is 23.7 Å². The van der Waals surface area contributed by atoms with Crippen LogP contribution in [0.4, 0.5) is 26.2 Å². The van der Waals surface area contributed by atoms with Crippen LogP contribution in [-0.4, -0.2) is 109 Å². The smallest absolute Gasteiger partial charge is 0.274 e. The summed E-state index contributed by atoms with van der Waals surface area (Å²) in [6.45, 7) is 10.1. The largest absolute Gasteiger partial charge is 0.350 e. The number of hydrogen-bond donors (Lipinski definition) is 3. The van der Waals surface area contributed by atoms with Crippen molar-refractivity contribution in [2.75, 3.05) is 42.9 Å². The van der Waals surface area contributed by atoms with Gasteiger partial charge in [0.15, 0.2) is 0 Å². The summed E-state index contributed by atoms with van der Waals surface area (Å²) in [5.41, 5.74) is 5.07. The Labute approximate surface area is 397 Å². The number of alkyl halides is 2. The topological polar surface area (TPSA) is 202 Å². The maximum atomic E-state index is 14.3. The molecular formula is C49H54F2N12O4S. The molecule has 354 valence electrons. The molecule has 4 aromatic heterocycles. The second-order valence-corrected chi connectivity index (χ2v) is 19.6. The molecule has 8 rings (SSSR count). The van der Waals surface area contributed by atoms with E-state index < -0.39 is 47.7 Å². The minimum atomic E-state index is -2.83. The number of thiazole rings is 1. The van der Waals surface area contributed by atoms with E-state index in [-0.39, 0.29) is 42.2 Å². The number of likely N-dealkylation sites (tertiary alicyclic amines) is 2. The molecule has 3 unspecified atom stereocenters. The molecule has 0 spiro atoms. The molecule has 3 fully saturated rings. The number of amides is 4. The van der Waals surface area contributed by atoms with Crippen LogP contribution in [0.1, 0.15) is 115 Å². The van der Waals surface area contributed by atoms with Gasteiger partial charge in [-0.1, -0.05) is 45.0 Å². The summed E-state index contributed by atoms with van der Waals surface area (Å²) in [6, 6.07) is 14.8. The number of nitrogens with zero attached hydrogens (tertiary/aromatic N) is 9. The van der Waals surface area contributed by atoms with E-state index in [1.165, 1.54) is 18.6 Å². The van der Waals surface area contributed by atoms with E-state index in [4.69, 9.17) is 0 Å². The fraction of sp³-hybridized carbons (Fsp3) is 0.429. The van der Waals surface area contributed by atoms with Crippen LogP contribution in [0.15, 0.2) is 72.6 Å². The van der Waals surface area contributed by atoms with Crippen LogP contribution in [0.25, 0.3) is 10.4 Å². The van der Waals surface area contributed by atoms with E-state index in [1.807, 2.05) is 76.5 Å². The fourth-order valence-corrected chi connectivity index (χ4v) is 9.82. The van der Waals surface area contributed by atoms with Gasteiger partial charge in [-0.3, -0.25) is 24.2 Å². The van der Waals surface area contributed by atoms with E-state index in [9.17, 15) is 33.2 Å². The molecule has 4 amide bonds. The second-order valence-electron chi connectivity index (χ2n) is 18.8. The van der Waals surface area contributed by atoms with E-state index >= 15 is 0 Å². The molecule has 0 radical (unpaired) electrons. The molecule has 1 aromatic carbocycles. The molecule has 0 saturated carbocycles. The molecule has 0 aliphatic carbocycles. The number of benzene rings is 1. The zero-order valence-corrected chi connectivity index (χ0v) is 39.4. The minimum Gasteiger partial charge on any atom is -0.350 e. The molecule has 3 aliphatic rings. The van der Waals surface area contributed by atoms with Crippen LogP contribution in [0.2, 0.25) is 0 Å². The van der Waals surface area contributed by atoms with Crippen molar-refractivity contribution in [2.24, 2.45) is 5.41 Å². The summed E-state index contributed by atoms with van der Waals surface area (Å²) in [5, 5.41) is 18.5. The van der Waals surface area contributed by atoms with Gasteiger partial charge < -0.3 is 30.7 Å². The number of nitrogens with one attached hydrogen (secondary N) is 3. The van der Waals surface area contributed by atoms with Gasteiger partial charge in [0.05, 0.1) is 52.7 Å². The Morgan fingerprint density at radius 3 is 2.34 bits per heavy atom. The lowest BCUT2D eigenvalue weighted by molar-refractivity contribution is -0.142. The fourth-order valence-electron chi connectivity index (χ4n) is 9.00. The highest BCUT2D eigenvalue weighted by molar-refractivity contribution is 7.13. The van der Waals surface area contributed by atoms with Gasteiger partial charge in [-0.2, -0.15) is 5.26 Å². The lowest BCUT2D eigenvalue weighted by Gasteiger charge is -2.35. The minimum absolute atomic E-state index is 0.0341. The van der Waals surface area contributed by atoms with Crippen molar-refractivity contribution in [3.63, 3.8) is 0 Å². The average molecular weight is 945 g/mol. The lowest BCUT2D eigenvalue weighted by atomic mass is 9.85. The number of piperidine rings is 1. The quantitative estimate of drug-likeness (QED) is 0.114. The number of anilines is 3. The van der Waals surface area contributed by atoms with Gasteiger partial charge in [-0.05, 0) is 91.8 Å². The number of pyridine rings is 2. The van der Waals surface area contributed by atoms with Gasteiger partial charge >= 0.3 is 0 Å². The summed E-state index contributed by atoms with van der Waals surface area (Å²) in [7, 11) is 0. The number of aromatic nitrogens is 5. The Kier molecular flexibility index (Phi) is 13.8. The standard InChI is InChI=1S/C49H54F2N12O4S/c1-29(32-8-10-34(11-9-32)42-30(2)55-28-68-42)56-45(65)38-7-6-17-63(38)47(67)43(48(3,4)5)60-44(64)36-25-53-26-37(57-36)46(66)61-18-13-33(14-19-61)35-22-40(58-39-21-31(24-52)12-16-54-39)59-41(23-35)62-20-15-49(50,51)27-62/h8-12,16,21-23,25-26,28-29,33,38,43H,6-7,13-15,17-20,27H2,1-5H3,(H,56,65)(H,60,64)(H,54,58,59). The number of nitriles is 1. The molecule has 3 N–H and O–H groups in total. The monoisotopic (exact) mass is 944 g/mol. The average Bonchev–Trinajstić information content (AvgIpc) is 4.10. The maximum absolute atomic E-state index is 14.3. The van der Waals surface area contributed by atoms with Crippen molar-refractivity contribution < 1.29 is 28.0 Å². The Bertz CT molecular complexity index is 2730. The molecule has 3 saturated heterocycles. The van der Waals surface area contributed by atoms with Gasteiger partial charge in [-0.25, -0.2) is 28.7 Å². The van der Waals surface area contributed by atoms with Gasteiger partial charge in [0.1, 0.15) is 40.9 Å². The Hall–Kier alpha value is -6.94. The Morgan fingerprint density at radius 1 is 0.912 bits per heavy atom. The highest BCUT2D eigenvalue weighted by Gasteiger charge is 2.43. The molecule has 19 heteroatoms. The van der Waals surface area contributed by atoms with Gasteiger partial charge in [-0.15, -0.1) is 11.3 Å². The van der Waals surface area contributed by atoms with E-state index in [0.29, 0.717) is 68.3 Å². The number of halogens is 2. The number of rotatable bonds is 12. The third kappa shape index (κ3) is 10.8. The van der Waals surface area contributed by atoms with Crippen molar-refractivity contribution in [3.8, 4) is 16.5 Å². The van der Waals surface area contributed by atoms with Crippen molar-refractivity contribution in [1.29, 1.82) is 5.26 Å². The van der Waals surface area contributed by atoms with Crippen LogP contribution in [0.3, 0.4) is 0 Å². The summed E-state index contributed by atoms with van der Waals surface area (Å²) in [4.78, 5) is 83.5. The molecule has 0 bridgehead atoms. The predicted molar refractivity (Wildman–Crippen MR) is 252 cm³/mol. The lowest BCUT2D eigenvalue weighted by Crippen LogP contribution is -2.57. The van der Waals surface area contributed by atoms with Gasteiger partial charge in [0.2, 0.25) is 11.8 Å². The number of carbonyl (C=O) groups excluding carboxylic acids is 4. The molecule has 16 nitrogen and oxygen atoms in total. The zero-order chi connectivity index (χ0) is 48.3. The van der Waals surface area contributed by atoms with Crippen LogP contribution < -0.4 is 20.9 Å². The Morgan fingerprint density at radius 2 is 1.66 bits per heavy atom. The second kappa shape index (κ2) is 19.7. The third-order valence-electron chi connectivity index (χ3n) is 12.8. The van der Waals surface area contributed by atoms with Crippen molar-refractivity contribution in [3.05, 3.63) is 106 Å². The van der Waals surface area contributed by atoms with E-state index in [0.717, 1.165) is 27.3 Å². The SMILES string of the molecule is Cc1ncsc1-c1ccc(C(C)NC(=O)C2CCCN2C(=O)C(NC(=O)c2cncc(C(=O)N3CCC(c4cc(Nc5cc(C#N)ccn5)nc(N5CCC(F)(F)C5)c4)CC3)n2)C(C)(C)C)cc1. The van der Waals surface area contributed by atoms with Crippen molar-refractivity contribution >= 4 is 52.4 Å². The summed E-state index contributed by atoms with van der Waals surface area (Å²) < 4.78 is 28.6. The van der Waals surface area contributed by atoms with Gasteiger partial charge in [0.25, 0.3) is 17.7 Å². The van der Waals surface area contributed by atoms with Crippen LogP contribution in [0.5, 0.6) is 0 Å². The first-order chi connectivity index (χ1) is 32.5. The molecule has 68 heavy (non-hydrogen) atoms. The summed E-state index contributed by atoms with van der Waals surface area (Å²) in [5.74, 6) is -3.47. The maximum Gasteiger partial charge on any atom is 0.274 e. The summed E-state index contributed by atoms with van der Waals surface area (Å²) in [6.07, 6.45) is 5.96. The number of hydrogen-bond acceptors (Lipinski definition) is 13. The highest BCUT2D eigenvalue weighted by atomic mass is 32.1. The zero-order valence-electron chi connectivity index (χ0n) is 38.6. The highest BCUT2D eigenvalue weighted by Crippen LogP contribution is 2.36. The first-order valence-corrected chi connectivity index (χ1v) is 23.7. The number of carbonyl (C=O) groups is 4. The first-order valence-electron chi connectivity index (χ1n) is 22.8. The van der Waals surface area contributed by atoms with Crippen molar-refractivity contribution in [1.82, 2.24) is 45.4 Å². The van der Waals surface area contributed by atoms with E-state index in [1.54, 1.807) is 38.2 Å². The molecule has 3 atom stereocenters. The number of aryl methyl sites for hydroxylation is 1. The molecule has 7 heterocycles. The molecule has 3 aliphatic heterocycles. The third-order valence-corrected chi connectivity index (χ3v) is 13.8. The van der Waals surface area contributed by atoms with Gasteiger partial charge in [0, 0.05) is 38.8 Å². The predicted octanol–water partition coefficient (Wildman–Crippen LogP) is 7.19. The molecular weight excluding hydrogens is 891 g/mol. The first kappa shape index (κ1) is 47.5. The normalized spacial score (nSPS) is 18.1. The van der Waals surface area contributed by atoms with Crippen LogP contribution >= 0.6 is 11.3 Å².